The molecule has 8 nitrogen and oxygen atoms in total. The minimum atomic E-state index is -3.69. The molecule has 0 spiro atoms. The standard InChI is InChI=1S/C16H20BrN3O5S/c17-11-3-1-2-4-14(11)26(23,24)18-7-5-16(22)20-8-6-13-12(9-20)19-15(21)10-25-13/h1-4,12-13,18H,5-10H2,(H,19,21)/t12-,13+/m1/s1. The predicted molar refractivity (Wildman–Crippen MR) is 96.8 cm³/mol. The highest BCUT2D eigenvalue weighted by Crippen LogP contribution is 2.21. The molecule has 2 amide bonds. The average molecular weight is 446 g/mol. The maximum atomic E-state index is 12.4. The Kier molecular flexibility index (Phi) is 5.96. The van der Waals surface area contributed by atoms with Gasteiger partial charge in [-0.2, -0.15) is 0 Å². The molecule has 0 saturated carbocycles. The number of carbonyl (C=O) groups excluding carboxylic acids is 2. The molecule has 1 aromatic rings. The van der Waals surface area contributed by atoms with Crippen LogP contribution in [0.15, 0.2) is 33.6 Å². The van der Waals surface area contributed by atoms with Crippen LogP contribution in [0.25, 0.3) is 0 Å². The lowest BCUT2D eigenvalue weighted by molar-refractivity contribution is -0.146. The number of piperidine rings is 1. The lowest BCUT2D eigenvalue weighted by atomic mass is 10.0. The third kappa shape index (κ3) is 4.43. The summed E-state index contributed by atoms with van der Waals surface area (Å²) in [6.07, 6.45) is 0.639. The number of nitrogens with one attached hydrogen (secondary N) is 2. The maximum absolute atomic E-state index is 12.4. The minimum absolute atomic E-state index is 0.00988. The van der Waals surface area contributed by atoms with Crippen molar-refractivity contribution in [2.75, 3.05) is 26.2 Å². The summed E-state index contributed by atoms with van der Waals surface area (Å²) in [5.74, 6) is -0.333. The molecule has 2 N–H and O–H groups in total. The topological polar surface area (TPSA) is 105 Å². The van der Waals surface area contributed by atoms with E-state index in [2.05, 4.69) is 26.0 Å². The Morgan fingerprint density at radius 3 is 2.92 bits per heavy atom. The van der Waals surface area contributed by atoms with Crippen molar-refractivity contribution in [1.82, 2.24) is 14.9 Å². The first-order chi connectivity index (χ1) is 12.4. The van der Waals surface area contributed by atoms with E-state index in [1.165, 1.54) is 6.07 Å². The molecule has 26 heavy (non-hydrogen) atoms. The first-order valence-corrected chi connectivity index (χ1v) is 10.6. The molecule has 0 radical (unpaired) electrons. The normalized spacial score (nSPS) is 23.3. The number of halogens is 1. The number of benzene rings is 1. The number of hydrogen-bond acceptors (Lipinski definition) is 5. The van der Waals surface area contributed by atoms with Gasteiger partial charge in [0, 0.05) is 30.5 Å². The fourth-order valence-electron chi connectivity index (χ4n) is 3.12. The number of rotatable bonds is 5. The molecule has 0 aliphatic carbocycles. The Morgan fingerprint density at radius 2 is 2.15 bits per heavy atom. The van der Waals surface area contributed by atoms with Crippen molar-refractivity contribution in [3.8, 4) is 0 Å². The van der Waals surface area contributed by atoms with E-state index in [-0.39, 0.29) is 48.4 Å². The van der Waals surface area contributed by atoms with Gasteiger partial charge in [0.1, 0.15) is 6.61 Å². The van der Waals surface area contributed by atoms with Gasteiger partial charge in [0.15, 0.2) is 0 Å². The molecule has 2 atom stereocenters. The monoisotopic (exact) mass is 445 g/mol. The van der Waals surface area contributed by atoms with Gasteiger partial charge in [-0.3, -0.25) is 9.59 Å². The second-order valence-corrected chi connectivity index (χ2v) is 8.82. The van der Waals surface area contributed by atoms with Gasteiger partial charge < -0.3 is 15.0 Å². The van der Waals surface area contributed by atoms with Gasteiger partial charge in [-0.1, -0.05) is 12.1 Å². The summed E-state index contributed by atoms with van der Waals surface area (Å²) in [5.41, 5.74) is 0. The van der Waals surface area contributed by atoms with Crippen molar-refractivity contribution in [1.29, 1.82) is 0 Å². The summed E-state index contributed by atoms with van der Waals surface area (Å²) >= 11 is 3.21. The van der Waals surface area contributed by atoms with E-state index in [0.717, 1.165) is 0 Å². The Hall–Kier alpha value is -1.49. The zero-order chi connectivity index (χ0) is 18.7. The van der Waals surface area contributed by atoms with Crippen LogP contribution in [0.4, 0.5) is 0 Å². The number of amides is 2. The van der Waals surface area contributed by atoms with Crippen LogP contribution in [0.1, 0.15) is 12.8 Å². The second kappa shape index (κ2) is 8.03. The molecule has 3 rings (SSSR count). The molecule has 142 valence electrons. The van der Waals surface area contributed by atoms with E-state index < -0.39 is 10.0 Å². The van der Waals surface area contributed by atoms with Crippen LogP contribution < -0.4 is 10.0 Å². The average Bonchev–Trinajstić information content (AvgIpc) is 2.61. The van der Waals surface area contributed by atoms with Crippen LogP contribution in [-0.4, -0.2) is 63.5 Å². The first kappa shape index (κ1) is 19.3. The quantitative estimate of drug-likeness (QED) is 0.674. The number of morpholine rings is 1. The number of fused-ring (bicyclic) bond motifs is 1. The van der Waals surface area contributed by atoms with Crippen LogP contribution in [0, 0.1) is 0 Å². The van der Waals surface area contributed by atoms with Crippen molar-refractivity contribution >= 4 is 37.8 Å². The van der Waals surface area contributed by atoms with Crippen molar-refractivity contribution in [3.63, 3.8) is 0 Å². The second-order valence-electron chi connectivity index (χ2n) is 6.23. The van der Waals surface area contributed by atoms with Crippen LogP contribution >= 0.6 is 15.9 Å². The third-order valence-electron chi connectivity index (χ3n) is 4.43. The van der Waals surface area contributed by atoms with Gasteiger partial charge in [0.25, 0.3) is 0 Å². The number of sulfonamides is 1. The van der Waals surface area contributed by atoms with Gasteiger partial charge in [0.05, 0.1) is 17.0 Å². The number of nitrogens with zero attached hydrogens (tertiary/aromatic N) is 1. The largest absolute Gasteiger partial charge is 0.366 e. The molecule has 10 heteroatoms. The highest BCUT2D eigenvalue weighted by molar-refractivity contribution is 9.10. The van der Waals surface area contributed by atoms with Crippen LogP contribution in [-0.2, 0) is 24.3 Å². The fourth-order valence-corrected chi connectivity index (χ4v) is 5.15. The van der Waals surface area contributed by atoms with Crippen molar-refractivity contribution < 1.29 is 22.7 Å². The molecular formula is C16H20BrN3O5S. The first-order valence-electron chi connectivity index (χ1n) is 8.30. The zero-order valence-corrected chi connectivity index (χ0v) is 16.4. The Labute approximate surface area is 160 Å². The summed E-state index contributed by atoms with van der Waals surface area (Å²) in [5, 5.41) is 2.84. The van der Waals surface area contributed by atoms with E-state index in [1.54, 1.807) is 23.1 Å². The predicted octanol–water partition coefficient (Wildman–Crippen LogP) is 0.233. The SMILES string of the molecule is O=C1CO[C@H]2CCN(C(=O)CCNS(=O)(=O)c3ccccc3Br)C[C@H]2N1. The summed E-state index contributed by atoms with van der Waals surface area (Å²) < 4.78 is 33.0. The highest BCUT2D eigenvalue weighted by Gasteiger charge is 2.36. The number of carbonyl (C=O) groups is 2. The highest BCUT2D eigenvalue weighted by atomic mass is 79.9. The molecule has 0 unspecified atom stereocenters. The van der Waals surface area contributed by atoms with E-state index in [1.807, 2.05) is 0 Å². The van der Waals surface area contributed by atoms with E-state index >= 15 is 0 Å². The van der Waals surface area contributed by atoms with E-state index in [9.17, 15) is 18.0 Å². The number of likely N-dealkylation sites (tertiary alicyclic amines) is 1. The minimum Gasteiger partial charge on any atom is -0.366 e. The molecule has 2 saturated heterocycles. The van der Waals surface area contributed by atoms with Crippen molar-refractivity contribution in [2.45, 2.75) is 29.9 Å². The molecule has 0 bridgehead atoms. The van der Waals surface area contributed by atoms with Gasteiger partial charge in [-0.05, 0) is 34.5 Å². The number of ether oxygens (including phenoxy) is 1. The Bertz CT molecular complexity index is 801. The molecule has 2 heterocycles. The molecule has 2 aliphatic rings. The van der Waals surface area contributed by atoms with Crippen molar-refractivity contribution in [2.24, 2.45) is 0 Å². The van der Waals surface area contributed by atoms with Gasteiger partial charge in [-0.25, -0.2) is 13.1 Å². The summed E-state index contributed by atoms with van der Waals surface area (Å²) in [6, 6.07) is 6.29. The Morgan fingerprint density at radius 1 is 1.38 bits per heavy atom. The Balaban J connectivity index is 1.51. The van der Waals surface area contributed by atoms with Crippen LogP contribution in [0.5, 0.6) is 0 Å². The van der Waals surface area contributed by atoms with Gasteiger partial charge >= 0.3 is 0 Å². The van der Waals surface area contributed by atoms with Crippen LogP contribution in [0.3, 0.4) is 0 Å². The molecule has 1 aromatic carbocycles. The molecule has 2 aliphatic heterocycles. The number of hydrogen-bond donors (Lipinski definition) is 2. The zero-order valence-electron chi connectivity index (χ0n) is 14.0. The van der Waals surface area contributed by atoms with E-state index in [0.29, 0.717) is 24.0 Å². The van der Waals surface area contributed by atoms with E-state index in [4.69, 9.17) is 4.74 Å². The lowest BCUT2D eigenvalue weighted by Gasteiger charge is -2.41. The van der Waals surface area contributed by atoms with Gasteiger partial charge in [-0.15, -0.1) is 0 Å². The summed E-state index contributed by atoms with van der Waals surface area (Å²) in [6.45, 7) is 0.987. The lowest BCUT2D eigenvalue weighted by Crippen LogP contribution is -2.61. The molecule has 0 aromatic heterocycles. The summed E-state index contributed by atoms with van der Waals surface area (Å²) in [4.78, 5) is 25.6. The van der Waals surface area contributed by atoms with Crippen molar-refractivity contribution in [3.05, 3.63) is 28.7 Å². The smallest absolute Gasteiger partial charge is 0.246 e. The van der Waals surface area contributed by atoms with Gasteiger partial charge in [0.2, 0.25) is 21.8 Å². The third-order valence-corrected chi connectivity index (χ3v) is 6.91. The molecule has 2 fully saturated rings. The van der Waals surface area contributed by atoms with Crippen LogP contribution in [0.2, 0.25) is 0 Å². The fraction of sp³-hybridized carbons (Fsp3) is 0.500. The summed E-state index contributed by atoms with van der Waals surface area (Å²) in [7, 11) is -3.69. The molecular weight excluding hydrogens is 426 g/mol. The maximum Gasteiger partial charge on any atom is 0.246 e.